The van der Waals surface area contributed by atoms with Crippen molar-refractivity contribution in [3.05, 3.63) is 0 Å². The Balaban J connectivity index is 6.42. The highest BCUT2D eigenvalue weighted by Gasteiger charge is 2.89. The fourth-order valence-electron chi connectivity index (χ4n) is 1.52. The molecule has 0 aliphatic heterocycles. The highest BCUT2D eigenvalue weighted by Crippen LogP contribution is 2.59. The molecule has 0 amide bonds. The van der Waals surface area contributed by atoms with Gasteiger partial charge in [-0.2, -0.15) is 43.9 Å². The number of hydrogen-bond donors (Lipinski definition) is 0. The van der Waals surface area contributed by atoms with Gasteiger partial charge in [-0.25, -0.2) is 0 Å². The summed E-state index contributed by atoms with van der Waals surface area (Å²) < 4.78 is 142. The van der Waals surface area contributed by atoms with Crippen LogP contribution >= 0.6 is 0 Å². The molecule has 3 nitrogen and oxygen atoms in total. The van der Waals surface area contributed by atoms with E-state index in [1.54, 1.807) is 0 Å². The summed E-state index contributed by atoms with van der Waals surface area (Å²) in [6.45, 7) is 0. The predicted molar refractivity (Wildman–Crippen MR) is 58.4 cm³/mol. The molecule has 0 radical (unpaired) electrons. The topological polar surface area (TPSA) is 27.7 Å². The molecular weight excluding hydrogens is 374 g/mol. The SMILES string of the molecule is COC([SiH3])(OC)C(F)(OC)C(F)(F)C(F)(F)C(F)(F)C(F)(F)F. The van der Waals surface area contributed by atoms with Gasteiger partial charge in [0.25, 0.3) is 0 Å². The second-order valence-electron chi connectivity index (χ2n) is 4.37. The Hall–Kier alpha value is -0.603. The van der Waals surface area contributed by atoms with Crippen LogP contribution in [0.2, 0.25) is 0 Å². The molecule has 0 bridgehead atoms. The second kappa shape index (κ2) is 6.04. The van der Waals surface area contributed by atoms with Crippen LogP contribution in [0.5, 0.6) is 0 Å². The zero-order chi connectivity index (χ0) is 19.1. The van der Waals surface area contributed by atoms with E-state index in [1.807, 2.05) is 0 Å². The number of rotatable bonds is 7. The normalized spacial score (nSPS) is 18.1. The molecule has 0 spiro atoms. The van der Waals surface area contributed by atoms with Gasteiger partial charge in [0.15, 0.2) is 0 Å². The van der Waals surface area contributed by atoms with Crippen LogP contribution < -0.4 is 0 Å². The van der Waals surface area contributed by atoms with Crippen molar-refractivity contribution >= 4 is 10.2 Å². The van der Waals surface area contributed by atoms with Gasteiger partial charge in [-0.05, 0) is 0 Å². The van der Waals surface area contributed by atoms with Gasteiger partial charge < -0.3 is 14.2 Å². The molecule has 1 unspecified atom stereocenters. The first-order valence-electron chi connectivity index (χ1n) is 5.48. The summed E-state index contributed by atoms with van der Waals surface area (Å²) in [7, 11) is 0.0219. The van der Waals surface area contributed by atoms with E-state index in [2.05, 4.69) is 14.2 Å². The van der Waals surface area contributed by atoms with Gasteiger partial charge in [0, 0.05) is 21.3 Å². The Morgan fingerprint density at radius 3 is 1.13 bits per heavy atom. The molecular formula is C9H12F10O3Si. The molecule has 0 saturated heterocycles. The first kappa shape index (κ1) is 22.4. The molecule has 0 N–H and O–H groups in total. The molecule has 0 fully saturated rings. The van der Waals surface area contributed by atoms with E-state index in [0.29, 0.717) is 14.2 Å². The van der Waals surface area contributed by atoms with E-state index in [1.165, 1.54) is 0 Å². The molecule has 0 aromatic rings. The monoisotopic (exact) mass is 386 g/mol. The maximum atomic E-state index is 14.4. The summed E-state index contributed by atoms with van der Waals surface area (Å²) >= 11 is 0. The first-order chi connectivity index (χ1) is 9.93. The summed E-state index contributed by atoms with van der Waals surface area (Å²) in [5.74, 6) is -26.3. The Morgan fingerprint density at radius 1 is 0.565 bits per heavy atom. The average molecular weight is 386 g/mol. The van der Waals surface area contributed by atoms with E-state index in [-0.39, 0.29) is 7.11 Å². The standard InChI is InChI=1S/C9H12F10O3Si/c1-20-7(16,9(23,21-2)22-3)5(12,13)4(10,11)6(14,15)8(17,18)19/h1-3,23H3. The molecule has 0 saturated carbocycles. The first-order valence-corrected chi connectivity index (χ1v) is 6.48. The number of hydrogen-bond acceptors (Lipinski definition) is 3. The number of halogens is 10. The van der Waals surface area contributed by atoms with Gasteiger partial charge in [-0.1, -0.05) is 0 Å². The predicted octanol–water partition coefficient (Wildman–Crippen LogP) is 2.08. The molecule has 23 heavy (non-hydrogen) atoms. The Labute approximate surface area is 126 Å². The van der Waals surface area contributed by atoms with Gasteiger partial charge >= 0.3 is 29.8 Å². The lowest BCUT2D eigenvalue weighted by Gasteiger charge is -2.46. The van der Waals surface area contributed by atoms with Crippen molar-refractivity contribution in [1.29, 1.82) is 0 Å². The highest BCUT2D eigenvalue weighted by molar-refractivity contribution is 6.14. The Kier molecular flexibility index (Phi) is 5.88. The van der Waals surface area contributed by atoms with Gasteiger partial charge in [0.2, 0.25) is 5.41 Å². The third-order valence-corrected chi connectivity index (χ3v) is 4.65. The molecule has 0 heterocycles. The van der Waals surface area contributed by atoms with Crippen molar-refractivity contribution in [2.45, 2.75) is 35.2 Å². The van der Waals surface area contributed by atoms with Crippen LogP contribution in [0.3, 0.4) is 0 Å². The summed E-state index contributed by atoms with van der Waals surface area (Å²) in [5.41, 5.74) is -3.31. The van der Waals surface area contributed by atoms with E-state index in [0.717, 1.165) is 0 Å². The lowest BCUT2D eigenvalue weighted by Crippen LogP contribution is -2.74. The Morgan fingerprint density at radius 2 is 0.913 bits per heavy atom. The second-order valence-corrected chi connectivity index (χ2v) is 5.69. The molecule has 0 aromatic carbocycles. The number of methoxy groups -OCH3 is 3. The van der Waals surface area contributed by atoms with Crippen LogP contribution in [0.1, 0.15) is 0 Å². The van der Waals surface area contributed by atoms with E-state index in [4.69, 9.17) is 0 Å². The number of alkyl halides is 10. The third-order valence-electron chi connectivity index (χ3n) is 3.19. The largest absolute Gasteiger partial charge is 0.460 e. The van der Waals surface area contributed by atoms with Crippen molar-refractivity contribution in [2.75, 3.05) is 21.3 Å². The minimum absolute atomic E-state index is 0.0560. The lowest BCUT2D eigenvalue weighted by molar-refractivity contribution is -0.461. The minimum Gasteiger partial charge on any atom is -0.352 e. The van der Waals surface area contributed by atoms with E-state index < -0.39 is 45.5 Å². The molecule has 0 aliphatic carbocycles. The van der Waals surface area contributed by atoms with Crippen LogP contribution in [0.15, 0.2) is 0 Å². The van der Waals surface area contributed by atoms with Crippen LogP contribution in [0, 0.1) is 0 Å². The molecule has 1 atom stereocenters. The average Bonchev–Trinajstić information content (AvgIpc) is 2.43. The highest BCUT2D eigenvalue weighted by atomic mass is 28.1. The van der Waals surface area contributed by atoms with Crippen molar-refractivity contribution in [3.63, 3.8) is 0 Å². The van der Waals surface area contributed by atoms with Gasteiger partial charge in [-0.3, -0.25) is 0 Å². The zero-order valence-electron chi connectivity index (χ0n) is 12.0. The van der Waals surface area contributed by atoms with Crippen LogP contribution in [0.4, 0.5) is 43.9 Å². The maximum absolute atomic E-state index is 14.4. The summed E-state index contributed by atoms with van der Waals surface area (Å²) in [5, 5.41) is 0. The van der Waals surface area contributed by atoms with E-state index in [9.17, 15) is 43.9 Å². The van der Waals surface area contributed by atoms with Crippen molar-refractivity contribution in [1.82, 2.24) is 0 Å². The summed E-state index contributed by atoms with van der Waals surface area (Å²) in [6, 6.07) is 0. The van der Waals surface area contributed by atoms with Crippen molar-refractivity contribution in [3.8, 4) is 0 Å². The van der Waals surface area contributed by atoms with Crippen molar-refractivity contribution in [2.24, 2.45) is 0 Å². The lowest BCUT2D eigenvalue weighted by atomic mass is 9.96. The molecule has 0 rings (SSSR count). The summed E-state index contributed by atoms with van der Waals surface area (Å²) in [4.78, 5) is 0. The van der Waals surface area contributed by atoms with Gasteiger partial charge in [0.1, 0.15) is 0 Å². The molecule has 0 aliphatic rings. The maximum Gasteiger partial charge on any atom is 0.460 e. The van der Waals surface area contributed by atoms with Crippen LogP contribution in [-0.2, 0) is 14.2 Å². The molecule has 14 heteroatoms. The van der Waals surface area contributed by atoms with Gasteiger partial charge in [-0.15, -0.1) is 0 Å². The van der Waals surface area contributed by atoms with Crippen molar-refractivity contribution < 1.29 is 58.1 Å². The molecule has 140 valence electrons. The quantitative estimate of drug-likeness (QED) is 0.381. The molecule has 0 aromatic heterocycles. The number of ether oxygens (including phenoxy) is 3. The van der Waals surface area contributed by atoms with Gasteiger partial charge in [0.05, 0.1) is 10.2 Å². The fraction of sp³-hybridized carbons (Fsp3) is 1.00. The fourth-order valence-corrected chi connectivity index (χ4v) is 2.04. The minimum atomic E-state index is -7.26. The third kappa shape index (κ3) is 2.82. The zero-order valence-corrected chi connectivity index (χ0v) is 14.0. The smallest absolute Gasteiger partial charge is 0.352 e. The Bertz CT molecular complexity index is 422. The van der Waals surface area contributed by atoms with Crippen LogP contribution in [-0.4, -0.2) is 66.8 Å². The van der Waals surface area contributed by atoms with Crippen LogP contribution in [0.25, 0.3) is 0 Å². The van der Waals surface area contributed by atoms with E-state index >= 15 is 0 Å². The summed E-state index contributed by atoms with van der Waals surface area (Å²) in [6.07, 6.45) is -7.08.